The Hall–Kier alpha value is -3.54. The number of ether oxygens (including phenoxy) is 2. The topological polar surface area (TPSA) is 61.2 Å². The zero-order valence-corrected chi connectivity index (χ0v) is 14.5. The zero-order chi connectivity index (χ0) is 17.9. The van der Waals surface area contributed by atoms with Crippen LogP contribution in [0.1, 0.15) is 0 Å². The molecule has 0 saturated heterocycles. The second-order valence-corrected chi connectivity index (χ2v) is 5.74. The number of benzene rings is 2. The number of aromatic nitrogens is 3. The largest absolute Gasteiger partial charge is 0.497 e. The summed E-state index contributed by atoms with van der Waals surface area (Å²) in [5.74, 6) is 1.53. The minimum absolute atomic E-state index is 0.750. The number of hydrogen-bond acceptors (Lipinski definition) is 5. The van der Waals surface area contributed by atoms with Gasteiger partial charge in [0.1, 0.15) is 11.5 Å². The second kappa shape index (κ2) is 6.76. The van der Waals surface area contributed by atoms with Gasteiger partial charge < -0.3 is 14.8 Å². The van der Waals surface area contributed by atoms with Gasteiger partial charge in [0.2, 0.25) is 0 Å². The number of fused-ring (bicyclic) bond motifs is 1. The van der Waals surface area contributed by atoms with E-state index in [2.05, 4.69) is 15.4 Å². The van der Waals surface area contributed by atoms with Crippen molar-refractivity contribution in [3.8, 4) is 17.2 Å². The normalized spacial score (nSPS) is 10.7. The highest BCUT2D eigenvalue weighted by atomic mass is 16.5. The van der Waals surface area contributed by atoms with E-state index in [9.17, 15) is 0 Å². The Morgan fingerprint density at radius 2 is 1.81 bits per heavy atom. The highest BCUT2D eigenvalue weighted by Gasteiger charge is 2.07. The van der Waals surface area contributed by atoms with E-state index in [1.165, 1.54) is 0 Å². The van der Waals surface area contributed by atoms with Crippen molar-refractivity contribution in [2.45, 2.75) is 0 Å². The lowest BCUT2D eigenvalue weighted by molar-refractivity contribution is 0.414. The van der Waals surface area contributed by atoms with E-state index >= 15 is 0 Å². The number of hydrogen-bond donors (Lipinski definition) is 1. The van der Waals surface area contributed by atoms with E-state index in [0.29, 0.717) is 0 Å². The summed E-state index contributed by atoms with van der Waals surface area (Å²) in [6.45, 7) is 0. The van der Waals surface area contributed by atoms with Crippen molar-refractivity contribution in [2.24, 2.45) is 0 Å². The van der Waals surface area contributed by atoms with Crippen molar-refractivity contribution in [1.29, 1.82) is 0 Å². The monoisotopic (exact) mass is 346 g/mol. The first-order chi connectivity index (χ1) is 12.8. The Morgan fingerprint density at radius 1 is 0.923 bits per heavy atom. The zero-order valence-electron chi connectivity index (χ0n) is 14.5. The van der Waals surface area contributed by atoms with Crippen molar-refractivity contribution < 1.29 is 9.47 Å². The molecule has 2 aromatic heterocycles. The fourth-order valence-corrected chi connectivity index (χ4v) is 2.85. The molecule has 4 aromatic rings. The number of pyridine rings is 1. The van der Waals surface area contributed by atoms with Gasteiger partial charge in [-0.3, -0.25) is 4.98 Å². The molecule has 0 radical (unpaired) electrons. The van der Waals surface area contributed by atoms with Gasteiger partial charge in [-0.25, -0.2) is 4.68 Å². The van der Waals surface area contributed by atoms with E-state index in [4.69, 9.17) is 9.47 Å². The minimum Gasteiger partial charge on any atom is -0.497 e. The Bertz CT molecular complexity index is 1050. The van der Waals surface area contributed by atoms with Gasteiger partial charge in [-0.15, -0.1) is 0 Å². The summed E-state index contributed by atoms with van der Waals surface area (Å²) in [7, 11) is 3.30. The molecule has 26 heavy (non-hydrogen) atoms. The van der Waals surface area contributed by atoms with Crippen LogP contribution in [0.15, 0.2) is 67.1 Å². The number of anilines is 2. The van der Waals surface area contributed by atoms with Gasteiger partial charge >= 0.3 is 0 Å². The Labute approximate surface area is 151 Å². The number of nitrogens with one attached hydrogen (secondary N) is 1. The molecule has 0 aliphatic rings. The summed E-state index contributed by atoms with van der Waals surface area (Å²) < 4.78 is 12.5. The van der Waals surface area contributed by atoms with Crippen LogP contribution in [-0.4, -0.2) is 29.0 Å². The fraction of sp³-hybridized carbons (Fsp3) is 0.100. The molecule has 0 bridgehead atoms. The van der Waals surface area contributed by atoms with Gasteiger partial charge in [-0.2, -0.15) is 5.10 Å². The molecule has 2 aromatic carbocycles. The average molecular weight is 346 g/mol. The summed E-state index contributed by atoms with van der Waals surface area (Å²) in [5.41, 5.74) is 3.64. The molecule has 0 aliphatic carbocycles. The molecule has 0 amide bonds. The fourth-order valence-electron chi connectivity index (χ4n) is 2.85. The highest BCUT2D eigenvalue weighted by Crippen LogP contribution is 2.30. The lowest BCUT2D eigenvalue weighted by atomic mass is 10.1. The predicted molar refractivity (Wildman–Crippen MR) is 102 cm³/mol. The Kier molecular flexibility index (Phi) is 4.15. The molecule has 0 unspecified atom stereocenters. The maximum atomic E-state index is 5.44. The number of nitrogens with zero attached hydrogens (tertiary/aromatic N) is 3. The number of methoxy groups -OCH3 is 2. The quantitative estimate of drug-likeness (QED) is 0.587. The van der Waals surface area contributed by atoms with E-state index in [1.807, 2.05) is 54.7 Å². The molecule has 1 N–H and O–H groups in total. The Morgan fingerprint density at radius 3 is 2.58 bits per heavy atom. The molecule has 130 valence electrons. The maximum absolute atomic E-state index is 5.44. The first kappa shape index (κ1) is 16.0. The van der Waals surface area contributed by atoms with E-state index in [-0.39, 0.29) is 0 Å². The lowest BCUT2D eigenvalue weighted by Crippen LogP contribution is -1.99. The summed E-state index contributed by atoms with van der Waals surface area (Å²) in [6.07, 6.45) is 5.42. The lowest BCUT2D eigenvalue weighted by Gasteiger charge is -2.13. The Balaban J connectivity index is 1.75. The number of rotatable bonds is 5. The van der Waals surface area contributed by atoms with Crippen LogP contribution in [-0.2, 0) is 0 Å². The molecule has 0 aliphatic heterocycles. The van der Waals surface area contributed by atoms with Crippen molar-refractivity contribution >= 4 is 22.3 Å². The summed E-state index contributed by atoms with van der Waals surface area (Å²) >= 11 is 0. The van der Waals surface area contributed by atoms with Gasteiger partial charge in [0.05, 0.1) is 25.4 Å². The van der Waals surface area contributed by atoms with Gasteiger partial charge in [0.15, 0.2) is 0 Å². The highest BCUT2D eigenvalue weighted by molar-refractivity contribution is 5.93. The van der Waals surface area contributed by atoms with Crippen LogP contribution < -0.4 is 14.8 Å². The van der Waals surface area contributed by atoms with Crippen LogP contribution in [0.2, 0.25) is 0 Å². The molecule has 0 atom stereocenters. The molecule has 6 heteroatoms. The summed E-state index contributed by atoms with van der Waals surface area (Å²) in [4.78, 5) is 4.43. The van der Waals surface area contributed by atoms with Crippen molar-refractivity contribution in [3.63, 3.8) is 0 Å². The van der Waals surface area contributed by atoms with Gasteiger partial charge in [-0.1, -0.05) is 0 Å². The minimum atomic E-state index is 0.750. The standard InChI is InChI=1S/C20H18N4O2/c1-25-16-4-5-18-19(6-8-21-20(18)13-16)23-14-10-15(12-17(11-14)26-2)24-9-3-7-22-24/h3-13H,1-2H3,(H,21,23). The molecule has 0 spiro atoms. The molecule has 0 fully saturated rings. The van der Waals surface area contributed by atoms with E-state index in [1.54, 1.807) is 31.3 Å². The molecule has 6 nitrogen and oxygen atoms in total. The van der Waals surface area contributed by atoms with Crippen LogP contribution in [0.5, 0.6) is 11.5 Å². The second-order valence-electron chi connectivity index (χ2n) is 5.74. The van der Waals surface area contributed by atoms with Gasteiger partial charge in [0.25, 0.3) is 0 Å². The third-order valence-electron chi connectivity index (χ3n) is 4.12. The van der Waals surface area contributed by atoms with Crippen LogP contribution in [0.4, 0.5) is 11.4 Å². The van der Waals surface area contributed by atoms with Gasteiger partial charge in [0, 0.05) is 53.6 Å². The van der Waals surface area contributed by atoms with Crippen LogP contribution in [0.3, 0.4) is 0 Å². The first-order valence-electron chi connectivity index (χ1n) is 8.16. The van der Waals surface area contributed by atoms with Crippen LogP contribution >= 0.6 is 0 Å². The summed E-state index contributed by atoms with van der Waals surface area (Å²) in [6, 6.07) is 15.6. The maximum Gasteiger partial charge on any atom is 0.123 e. The van der Waals surface area contributed by atoms with Crippen LogP contribution in [0.25, 0.3) is 16.6 Å². The van der Waals surface area contributed by atoms with Crippen LogP contribution in [0, 0.1) is 0 Å². The van der Waals surface area contributed by atoms with Crippen molar-refractivity contribution in [2.75, 3.05) is 19.5 Å². The third kappa shape index (κ3) is 3.04. The summed E-state index contributed by atoms with van der Waals surface area (Å²) in [5, 5.41) is 8.76. The van der Waals surface area contributed by atoms with E-state index < -0.39 is 0 Å². The smallest absolute Gasteiger partial charge is 0.123 e. The van der Waals surface area contributed by atoms with Gasteiger partial charge in [-0.05, 0) is 30.3 Å². The predicted octanol–water partition coefficient (Wildman–Crippen LogP) is 4.18. The average Bonchev–Trinajstić information content (AvgIpc) is 3.22. The van der Waals surface area contributed by atoms with Crippen molar-refractivity contribution in [3.05, 3.63) is 67.1 Å². The van der Waals surface area contributed by atoms with E-state index in [0.717, 1.165) is 39.5 Å². The SMILES string of the molecule is COc1cc(Nc2ccnc3cc(OC)ccc23)cc(-n2cccn2)c1. The first-order valence-corrected chi connectivity index (χ1v) is 8.16. The molecule has 4 rings (SSSR count). The third-order valence-corrected chi connectivity index (χ3v) is 4.12. The molecule has 0 saturated carbocycles. The molecular weight excluding hydrogens is 328 g/mol. The molecule has 2 heterocycles. The molecular formula is C20H18N4O2. The van der Waals surface area contributed by atoms with Crippen molar-refractivity contribution in [1.82, 2.24) is 14.8 Å².